The molecule has 2 aromatic rings. The molecule has 0 radical (unpaired) electrons. The Labute approximate surface area is 218 Å². The summed E-state index contributed by atoms with van der Waals surface area (Å²) in [6.07, 6.45) is 11.5. The van der Waals surface area contributed by atoms with Crippen molar-refractivity contribution in [2.24, 2.45) is 5.92 Å². The molecule has 1 aromatic heterocycles. The number of rotatable bonds is 8. The first kappa shape index (κ1) is 28.1. The predicted molar refractivity (Wildman–Crippen MR) is 152 cm³/mol. The molecule has 0 amide bonds. The fraction of sp³-hybridized carbons (Fsp3) is 0.483. The summed E-state index contributed by atoms with van der Waals surface area (Å²) in [5.41, 5.74) is 6.43. The van der Waals surface area contributed by atoms with E-state index in [2.05, 4.69) is 63.8 Å². The van der Waals surface area contributed by atoms with Crippen molar-refractivity contribution in [3.8, 4) is 0 Å². The van der Waals surface area contributed by atoms with Gasteiger partial charge in [-0.15, -0.1) is 0 Å². The maximum atomic E-state index is 13.6. The van der Waals surface area contributed by atoms with Crippen molar-refractivity contribution < 1.29 is 15.5 Å². The van der Waals surface area contributed by atoms with Gasteiger partial charge in [-0.05, 0) is 67.8 Å². The van der Waals surface area contributed by atoms with E-state index >= 15 is 0 Å². The van der Waals surface area contributed by atoms with Crippen molar-refractivity contribution in [2.75, 3.05) is 19.6 Å². The van der Waals surface area contributed by atoms with Gasteiger partial charge >= 0.3 is 0 Å². The summed E-state index contributed by atoms with van der Waals surface area (Å²) in [5, 5.41) is 6.89. The van der Waals surface area contributed by atoms with E-state index in [4.69, 9.17) is 9.90 Å². The Balaban J connectivity index is 0.000000750. The number of pyridine rings is 1. The normalized spacial score (nSPS) is 22.8. The van der Waals surface area contributed by atoms with Crippen LogP contribution in [0.3, 0.4) is 0 Å². The molecule has 1 saturated carbocycles. The molecule has 3 unspecified atom stereocenters. The SMILES string of the molecule is C=S(=O)(NCCCCCN1CCc2ccc(C)cc2C1)C12CC1C=Cc1cccnc12.CC.O=CO.[HH]. The number of benzene rings is 1. The quantitative estimate of drug-likeness (QED) is 0.293. The van der Waals surface area contributed by atoms with Crippen molar-refractivity contribution in [3.63, 3.8) is 0 Å². The Morgan fingerprint density at radius 2 is 2.06 bits per heavy atom. The lowest BCUT2D eigenvalue weighted by atomic mass is 9.97. The summed E-state index contributed by atoms with van der Waals surface area (Å²) in [6.45, 7) is 10.1. The summed E-state index contributed by atoms with van der Waals surface area (Å²) in [7, 11) is -2.44. The van der Waals surface area contributed by atoms with Crippen molar-refractivity contribution >= 4 is 28.1 Å². The third-order valence-corrected chi connectivity index (χ3v) is 9.75. The van der Waals surface area contributed by atoms with Gasteiger partial charge in [0.2, 0.25) is 0 Å². The van der Waals surface area contributed by atoms with Gasteiger partial charge in [0.1, 0.15) is 4.75 Å². The van der Waals surface area contributed by atoms with Crippen LogP contribution in [0.15, 0.2) is 42.6 Å². The highest BCUT2D eigenvalue weighted by Gasteiger charge is 2.63. The van der Waals surface area contributed by atoms with Gasteiger partial charge < -0.3 is 5.11 Å². The van der Waals surface area contributed by atoms with Crippen molar-refractivity contribution in [3.05, 3.63) is 70.6 Å². The van der Waals surface area contributed by atoms with Crippen LogP contribution in [0.25, 0.3) is 6.08 Å². The Morgan fingerprint density at radius 1 is 1.28 bits per heavy atom. The van der Waals surface area contributed by atoms with Gasteiger partial charge in [0, 0.05) is 42.9 Å². The van der Waals surface area contributed by atoms with Crippen LogP contribution in [0.1, 0.15) is 68.9 Å². The van der Waals surface area contributed by atoms with Crippen molar-refractivity contribution in [1.29, 1.82) is 0 Å². The monoisotopic (exact) mass is 513 g/mol. The Morgan fingerprint density at radius 3 is 2.83 bits per heavy atom. The van der Waals surface area contributed by atoms with E-state index in [0.717, 1.165) is 63.1 Å². The topological polar surface area (TPSA) is 82.5 Å². The highest BCUT2D eigenvalue weighted by Crippen LogP contribution is 2.61. The molecule has 2 N–H and O–H groups in total. The zero-order valence-corrected chi connectivity index (χ0v) is 22.7. The van der Waals surface area contributed by atoms with E-state index in [9.17, 15) is 4.21 Å². The highest BCUT2D eigenvalue weighted by atomic mass is 32.2. The molecule has 5 rings (SSSR count). The number of hydrogen-bond acceptors (Lipinski definition) is 4. The zero-order valence-electron chi connectivity index (χ0n) is 21.9. The summed E-state index contributed by atoms with van der Waals surface area (Å²) in [4.78, 5) is 15.5. The highest BCUT2D eigenvalue weighted by molar-refractivity contribution is 7.99. The molecule has 0 spiro atoms. The Bertz CT molecular complexity index is 1170. The van der Waals surface area contributed by atoms with E-state index in [1.807, 2.05) is 26.1 Å². The molecule has 3 aliphatic rings. The van der Waals surface area contributed by atoms with E-state index in [1.165, 1.54) is 23.1 Å². The standard InChI is InChI=1S/C26H33N3OS.C2H6.CH2O2.H2/c1-20-8-9-21-12-16-29(19-23(21)17-20)15-5-3-4-14-28-31(2,30)26-18-24(26)11-10-22-7-6-13-27-25(22)26;1-2;2-1-3;/h6-11,13,17,24H,2-5,12,14-16,18-19H2,1H3,(H,28,30);1-2H3;1H,(H,2,3);1H. The minimum absolute atomic E-state index is 0. The molecule has 1 aliphatic heterocycles. The molecule has 6 nitrogen and oxygen atoms in total. The molecule has 0 bridgehead atoms. The second-order valence-corrected chi connectivity index (χ2v) is 11.9. The third kappa shape index (κ3) is 6.07. The molecule has 2 heterocycles. The molecule has 2 aliphatic carbocycles. The van der Waals surface area contributed by atoms with Crippen LogP contribution in [0.2, 0.25) is 0 Å². The lowest BCUT2D eigenvalue weighted by Crippen LogP contribution is -2.37. The number of aromatic nitrogens is 1. The number of fused-ring (bicyclic) bond motifs is 4. The summed E-state index contributed by atoms with van der Waals surface area (Å²) in [5.74, 6) is 4.46. The fourth-order valence-electron chi connectivity index (χ4n) is 5.36. The van der Waals surface area contributed by atoms with Crippen LogP contribution < -0.4 is 4.72 Å². The number of hydrogen-bond donors (Lipinski definition) is 2. The van der Waals surface area contributed by atoms with Crippen LogP contribution in [-0.4, -0.2) is 51.2 Å². The van der Waals surface area contributed by atoms with E-state index in [1.54, 1.807) is 0 Å². The van der Waals surface area contributed by atoms with Gasteiger partial charge in [-0.1, -0.05) is 62.2 Å². The zero-order chi connectivity index (χ0) is 26.2. The summed E-state index contributed by atoms with van der Waals surface area (Å²) in [6, 6.07) is 10.9. The maximum Gasteiger partial charge on any atom is 0.290 e. The van der Waals surface area contributed by atoms with Crippen LogP contribution >= 0.6 is 0 Å². The first-order valence-electron chi connectivity index (χ1n) is 13.0. The molecular weight excluding hydrogens is 470 g/mol. The molecule has 1 aromatic carbocycles. The molecule has 3 atom stereocenters. The first-order chi connectivity index (χ1) is 17.4. The van der Waals surface area contributed by atoms with E-state index in [0.29, 0.717) is 5.92 Å². The van der Waals surface area contributed by atoms with Crippen LogP contribution in [0.5, 0.6) is 0 Å². The minimum Gasteiger partial charge on any atom is -0.483 e. The second kappa shape index (κ2) is 12.7. The molecule has 7 heteroatoms. The van der Waals surface area contributed by atoms with Crippen molar-refractivity contribution in [2.45, 2.75) is 64.2 Å². The maximum absolute atomic E-state index is 13.6. The fourth-order valence-corrected chi connectivity index (χ4v) is 7.59. The molecule has 1 fully saturated rings. The second-order valence-electron chi connectivity index (χ2n) is 9.53. The van der Waals surface area contributed by atoms with Crippen LogP contribution in [0, 0.1) is 12.8 Å². The van der Waals surface area contributed by atoms with E-state index < -0.39 is 14.5 Å². The lowest BCUT2D eigenvalue weighted by molar-refractivity contribution is -0.122. The third-order valence-electron chi connectivity index (χ3n) is 7.24. The average Bonchev–Trinajstić information content (AvgIpc) is 3.65. The van der Waals surface area contributed by atoms with Gasteiger partial charge in [-0.3, -0.25) is 18.9 Å². The average molecular weight is 514 g/mol. The van der Waals surface area contributed by atoms with Gasteiger partial charge in [0.15, 0.2) is 0 Å². The summed E-state index contributed by atoms with van der Waals surface area (Å²) >= 11 is 0. The first-order valence-corrected chi connectivity index (χ1v) is 14.8. The van der Waals surface area contributed by atoms with Gasteiger partial charge in [-0.2, -0.15) is 0 Å². The van der Waals surface area contributed by atoms with Gasteiger partial charge in [-0.25, -0.2) is 4.72 Å². The van der Waals surface area contributed by atoms with Gasteiger partial charge in [0.05, 0.1) is 5.69 Å². The van der Waals surface area contributed by atoms with Crippen LogP contribution in [-0.2, 0) is 32.2 Å². The minimum atomic E-state index is -2.44. The van der Waals surface area contributed by atoms with E-state index in [-0.39, 0.29) is 7.90 Å². The van der Waals surface area contributed by atoms with Crippen molar-refractivity contribution in [1.82, 2.24) is 14.6 Å². The number of allylic oxidation sites excluding steroid dienone is 1. The number of nitrogens with one attached hydrogen (secondary N) is 1. The summed E-state index contributed by atoms with van der Waals surface area (Å²) < 4.78 is 16.5. The Hall–Kier alpha value is -2.48. The number of unbranched alkanes of at least 4 members (excludes halogenated alkanes) is 2. The molecule has 198 valence electrons. The number of aryl methyl sites for hydroxylation is 1. The smallest absolute Gasteiger partial charge is 0.290 e. The molecular formula is C29H43N3O3S. The van der Waals surface area contributed by atoms with Crippen LogP contribution in [0.4, 0.5) is 0 Å². The predicted octanol–water partition coefficient (Wildman–Crippen LogP) is 5.05. The Kier molecular flexibility index (Phi) is 9.88. The number of carboxylic acid groups (broad SMARTS) is 1. The molecule has 36 heavy (non-hydrogen) atoms. The molecule has 0 saturated heterocycles. The number of carbonyl (C=O) groups is 1. The van der Waals surface area contributed by atoms with Gasteiger partial charge in [0.25, 0.3) is 6.47 Å². The largest absolute Gasteiger partial charge is 0.483 e. The number of nitrogens with zero attached hydrogens (tertiary/aromatic N) is 2. The lowest BCUT2D eigenvalue weighted by Gasteiger charge is -2.29.